The van der Waals surface area contributed by atoms with Crippen LogP contribution in [0.3, 0.4) is 0 Å². The van der Waals surface area contributed by atoms with Crippen LogP contribution in [0.15, 0.2) is 65.1 Å². The molecule has 7 nitrogen and oxygen atoms in total. The lowest BCUT2D eigenvalue weighted by molar-refractivity contribution is -0.115. The summed E-state index contributed by atoms with van der Waals surface area (Å²) in [6, 6.07) is 17.3. The first-order chi connectivity index (χ1) is 16.7. The van der Waals surface area contributed by atoms with Crippen LogP contribution >= 0.6 is 23.1 Å². The maximum absolute atomic E-state index is 12.3. The summed E-state index contributed by atoms with van der Waals surface area (Å²) in [5.41, 5.74) is 2.74. The number of carbonyl (C=O) groups is 1. The number of hydrogen-bond acceptors (Lipinski definition) is 7. The maximum Gasteiger partial charge on any atom is 0.231 e. The van der Waals surface area contributed by atoms with Crippen molar-refractivity contribution < 1.29 is 9.53 Å². The minimum absolute atomic E-state index is 0.0665. The highest BCUT2D eigenvalue weighted by Gasteiger charge is 2.16. The van der Waals surface area contributed by atoms with Crippen LogP contribution in [0.25, 0.3) is 11.4 Å². The highest BCUT2D eigenvalue weighted by atomic mass is 32.2. The van der Waals surface area contributed by atoms with Gasteiger partial charge in [0.2, 0.25) is 5.91 Å². The molecule has 0 aliphatic carbocycles. The van der Waals surface area contributed by atoms with E-state index in [1.165, 1.54) is 11.3 Å². The van der Waals surface area contributed by atoms with E-state index >= 15 is 0 Å². The van der Waals surface area contributed by atoms with Gasteiger partial charge in [0, 0.05) is 28.9 Å². The Morgan fingerprint density at radius 1 is 1.12 bits per heavy atom. The first-order valence-electron chi connectivity index (χ1n) is 11.1. The number of methoxy groups -OCH3 is 1. The molecule has 176 valence electrons. The second-order valence-corrected chi connectivity index (χ2v) is 9.54. The molecule has 0 unspecified atom stereocenters. The minimum atomic E-state index is -0.0665. The Hall–Kier alpha value is -3.17. The number of benzene rings is 2. The number of carbonyl (C=O) groups excluding carboxylic acids is 1. The lowest BCUT2D eigenvalue weighted by Crippen LogP contribution is -2.14. The van der Waals surface area contributed by atoms with Crippen molar-refractivity contribution in [2.24, 2.45) is 0 Å². The quantitative estimate of drug-likeness (QED) is 0.271. The summed E-state index contributed by atoms with van der Waals surface area (Å²) in [6.07, 6.45) is 2.40. The van der Waals surface area contributed by atoms with Gasteiger partial charge in [-0.1, -0.05) is 43.3 Å². The predicted octanol–water partition coefficient (Wildman–Crippen LogP) is 5.68. The Balaban J connectivity index is 1.40. The second-order valence-electron chi connectivity index (χ2n) is 7.65. The molecule has 0 fully saturated rings. The Morgan fingerprint density at radius 2 is 1.91 bits per heavy atom. The molecule has 0 radical (unpaired) electrons. The van der Waals surface area contributed by atoms with Crippen LogP contribution in [-0.4, -0.2) is 32.8 Å². The van der Waals surface area contributed by atoms with Gasteiger partial charge in [0.25, 0.3) is 0 Å². The van der Waals surface area contributed by atoms with Crippen molar-refractivity contribution in [3.8, 4) is 17.1 Å². The SMILES string of the molecule is CCCCn1c(SCc2csc(CC(=O)Nc3ccccc3)n2)nnc1-c1ccc(OC)cc1. The maximum atomic E-state index is 12.3. The van der Waals surface area contributed by atoms with Crippen LogP contribution < -0.4 is 10.1 Å². The number of nitrogens with one attached hydrogen (secondary N) is 1. The summed E-state index contributed by atoms with van der Waals surface area (Å²) in [4.78, 5) is 17.0. The third kappa shape index (κ3) is 6.24. The molecule has 1 N–H and O–H groups in total. The molecular formula is C25H27N5O2S2. The summed E-state index contributed by atoms with van der Waals surface area (Å²) >= 11 is 3.12. The van der Waals surface area contributed by atoms with Gasteiger partial charge in [-0.15, -0.1) is 21.5 Å². The highest BCUT2D eigenvalue weighted by molar-refractivity contribution is 7.98. The van der Waals surface area contributed by atoms with Crippen molar-refractivity contribution in [2.45, 2.75) is 43.6 Å². The number of rotatable bonds is 11. The standard InChI is InChI=1S/C25H27N5O2S2/c1-3-4-14-30-24(18-10-12-21(32-2)13-11-18)28-29-25(30)34-17-20-16-33-23(27-20)15-22(31)26-19-8-6-5-7-9-19/h5-13,16H,3-4,14-15,17H2,1-2H3,(H,26,31). The van der Waals surface area contributed by atoms with E-state index in [1.54, 1.807) is 18.9 Å². The molecule has 0 aliphatic heterocycles. The number of thiazole rings is 1. The van der Waals surface area contributed by atoms with E-state index in [-0.39, 0.29) is 12.3 Å². The first-order valence-corrected chi connectivity index (χ1v) is 13.0. The van der Waals surface area contributed by atoms with Crippen LogP contribution in [0.5, 0.6) is 5.75 Å². The molecule has 2 aromatic carbocycles. The molecule has 9 heteroatoms. The van der Waals surface area contributed by atoms with E-state index < -0.39 is 0 Å². The summed E-state index contributed by atoms with van der Waals surface area (Å²) in [5.74, 6) is 2.28. The fraction of sp³-hybridized carbons (Fsp3) is 0.280. The fourth-order valence-electron chi connectivity index (χ4n) is 3.37. The average Bonchev–Trinajstić information content (AvgIpc) is 3.48. The van der Waals surface area contributed by atoms with E-state index in [0.717, 1.165) is 58.1 Å². The van der Waals surface area contributed by atoms with Gasteiger partial charge < -0.3 is 14.6 Å². The molecule has 0 bridgehead atoms. The van der Waals surface area contributed by atoms with Gasteiger partial charge in [-0.2, -0.15) is 0 Å². The fourth-order valence-corrected chi connectivity index (χ4v) is 5.12. The molecule has 0 atom stereocenters. The summed E-state index contributed by atoms with van der Waals surface area (Å²) < 4.78 is 7.45. The smallest absolute Gasteiger partial charge is 0.231 e. The highest BCUT2D eigenvalue weighted by Crippen LogP contribution is 2.28. The van der Waals surface area contributed by atoms with Gasteiger partial charge in [-0.3, -0.25) is 4.79 Å². The third-order valence-electron chi connectivity index (χ3n) is 5.12. The topological polar surface area (TPSA) is 81.9 Å². The van der Waals surface area contributed by atoms with E-state index in [9.17, 15) is 4.79 Å². The van der Waals surface area contributed by atoms with Gasteiger partial charge in [0.05, 0.1) is 19.2 Å². The number of para-hydroxylation sites is 1. The molecule has 4 rings (SSSR count). The molecule has 0 spiro atoms. The molecule has 4 aromatic rings. The number of amides is 1. The van der Waals surface area contributed by atoms with E-state index in [4.69, 9.17) is 4.74 Å². The van der Waals surface area contributed by atoms with E-state index in [2.05, 4.69) is 32.0 Å². The molecule has 1 amide bonds. The van der Waals surface area contributed by atoms with Crippen molar-refractivity contribution in [2.75, 3.05) is 12.4 Å². The zero-order valence-electron chi connectivity index (χ0n) is 19.2. The second kappa shape index (κ2) is 11.8. The van der Waals surface area contributed by atoms with Crippen molar-refractivity contribution in [1.82, 2.24) is 19.7 Å². The van der Waals surface area contributed by atoms with Crippen molar-refractivity contribution >= 4 is 34.7 Å². The molecule has 0 saturated heterocycles. The van der Waals surface area contributed by atoms with Gasteiger partial charge in [-0.25, -0.2) is 4.98 Å². The molecule has 34 heavy (non-hydrogen) atoms. The third-order valence-corrected chi connectivity index (χ3v) is 7.02. The number of hydrogen-bond donors (Lipinski definition) is 1. The van der Waals surface area contributed by atoms with Crippen molar-refractivity contribution in [3.05, 3.63) is 70.7 Å². The monoisotopic (exact) mass is 493 g/mol. The van der Waals surface area contributed by atoms with Gasteiger partial charge in [0.1, 0.15) is 10.8 Å². The number of ether oxygens (including phenoxy) is 1. The Labute approximate surface area is 207 Å². The minimum Gasteiger partial charge on any atom is -0.497 e. The number of nitrogens with zero attached hydrogens (tertiary/aromatic N) is 4. The Kier molecular flexibility index (Phi) is 8.32. The molecule has 2 aromatic heterocycles. The zero-order chi connectivity index (χ0) is 23.8. The lowest BCUT2D eigenvalue weighted by atomic mass is 10.2. The van der Waals surface area contributed by atoms with E-state index in [1.807, 2.05) is 60.0 Å². The van der Waals surface area contributed by atoms with Gasteiger partial charge in [-0.05, 0) is 42.8 Å². The molecular weight excluding hydrogens is 466 g/mol. The average molecular weight is 494 g/mol. The Morgan fingerprint density at radius 3 is 2.65 bits per heavy atom. The molecule has 0 aliphatic rings. The van der Waals surface area contributed by atoms with Crippen LogP contribution in [0, 0.1) is 0 Å². The number of anilines is 1. The molecule has 2 heterocycles. The van der Waals surface area contributed by atoms with Crippen LogP contribution in [-0.2, 0) is 23.5 Å². The largest absolute Gasteiger partial charge is 0.497 e. The van der Waals surface area contributed by atoms with Gasteiger partial charge >= 0.3 is 0 Å². The summed E-state index contributed by atoms with van der Waals surface area (Å²) in [5, 5.41) is 15.5. The van der Waals surface area contributed by atoms with Crippen LogP contribution in [0.2, 0.25) is 0 Å². The Bertz CT molecular complexity index is 1210. The number of thioether (sulfide) groups is 1. The van der Waals surface area contributed by atoms with Crippen molar-refractivity contribution in [3.63, 3.8) is 0 Å². The number of aromatic nitrogens is 4. The lowest BCUT2D eigenvalue weighted by Gasteiger charge is -2.09. The van der Waals surface area contributed by atoms with Crippen LogP contribution in [0.4, 0.5) is 5.69 Å². The van der Waals surface area contributed by atoms with Crippen LogP contribution in [0.1, 0.15) is 30.5 Å². The number of unbranched alkanes of at least 4 members (excludes halogenated alkanes) is 1. The van der Waals surface area contributed by atoms with E-state index in [0.29, 0.717) is 5.75 Å². The first kappa shape index (κ1) is 24.0. The summed E-state index contributed by atoms with van der Waals surface area (Å²) in [7, 11) is 1.66. The molecule has 0 saturated carbocycles. The van der Waals surface area contributed by atoms with Gasteiger partial charge in [0.15, 0.2) is 11.0 Å². The normalized spacial score (nSPS) is 10.9. The predicted molar refractivity (Wildman–Crippen MR) is 137 cm³/mol. The van der Waals surface area contributed by atoms with Crippen molar-refractivity contribution in [1.29, 1.82) is 0 Å². The summed E-state index contributed by atoms with van der Waals surface area (Å²) in [6.45, 7) is 3.03. The zero-order valence-corrected chi connectivity index (χ0v) is 20.9.